The molecule has 4 rings (SSSR count). The van der Waals surface area contributed by atoms with E-state index in [1.807, 2.05) is 0 Å². The lowest BCUT2D eigenvalue weighted by molar-refractivity contribution is -0.143. The second-order valence-corrected chi connectivity index (χ2v) is 12.9. The molecule has 3 heterocycles. The van der Waals surface area contributed by atoms with Crippen LogP contribution in [0.3, 0.4) is 0 Å². The maximum Gasteiger partial charge on any atom is 0.417 e. The number of hydrogen-bond acceptors (Lipinski definition) is 6. The zero-order valence-electron chi connectivity index (χ0n) is 24.1. The molecule has 0 saturated carbocycles. The van der Waals surface area contributed by atoms with E-state index in [9.17, 15) is 52.7 Å². The predicted octanol–water partition coefficient (Wildman–Crippen LogP) is 6.47. The van der Waals surface area contributed by atoms with E-state index in [2.05, 4.69) is 4.98 Å². The van der Waals surface area contributed by atoms with Gasteiger partial charge < -0.3 is 9.64 Å². The molecule has 0 bridgehead atoms. The van der Waals surface area contributed by atoms with Crippen LogP contribution in [0.4, 0.5) is 50.1 Å². The molecular weight excluding hydrogens is 647 g/mol. The van der Waals surface area contributed by atoms with Gasteiger partial charge in [-0.1, -0.05) is 0 Å². The molecule has 45 heavy (non-hydrogen) atoms. The second-order valence-electron chi connectivity index (χ2n) is 10.9. The Labute approximate surface area is 252 Å². The number of nitrogens with zero attached hydrogens (tertiary/aromatic N) is 4. The molecule has 8 nitrogen and oxygen atoms in total. The van der Waals surface area contributed by atoms with Crippen molar-refractivity contribution in [1.82, 2.24) is 14.2 Å². The fourth-order valence-corrected chi connectivity index (χ4v) is 6.46. The zero-order chi connectivity index (χ0) is 33.7. The van der Waals surface area contributed by atoms with Gasteiger partial charge in [-0.15, -0.1) is 0 Å². The fraction of sp³-hybridized carbons (Fsp3) is 0.556. The number of alkyl halides is 9. The van der Waals surface area contributed by atoms with Crippen molar-refractivity contribution in [2.45, 2.75) is 70.0 Å². The van der Waals surface area contributed by atoms with Crippen molar-refractivity contribution >= 4 is 21.9 Å². The zero-order valence-corrected chi connectivity index (χ0v) is 24.9. The molecule has 2 aromatic rings. The minimum atomic E-state index is -5.15. The Kier molecular flexibility index (Phi) is 9.34. The fourth-order valence-electron chi connectivity index (χ4n) is 5.59. The number of cyclic esters (lactones) is 1. The summed E-state index contributed by atoms with van der Waals surface area (Å²) in [7, 11) is -3.46. The lowest BCUT2D eigenvalue weighted by atomic mass is 9.97. The molecule has 2 aliphatic heterocycles. The number of ether oxygens (including phenoxy) is 1. The standard InChI is InChI=1S/C27H29F9N4O4S/c1-4-39(21-5-7-38(8-6-21)45(3,42)43)23-17(11-20(13-37-23)27(34,35)36)14-40-15(2)22(44-24(40)41)16-9-18(25(28,29)30)12-19(10-16)26(31,32)33/h9-13,15,21-22H,4-8,14H2,1-3H3/t15-,22-/m0/s1. The Hall–Kier alpha value is -3.28. The summed E-state index contributed by atoms with van der Waals surface area (Å²) < 4.78 is 152. The third kappa shape index (κ3) is 7.58. The van der Waals surface area contributed by atoms with Crippen molar-refractivity contribution in [3.63, 3.8) is 0 Å². The highest BCUT2D eigenvalue weighted by Gasteiger charge is 2.44. The molecule has 0 unspecified atom stereocenters. The van der Waals surface area contributed by atoms with Gasteiger partial charge in [0.2, 0.25) is 10.0 Å². The van der Waals surface area contributed by atoms with Crippen LogP contribution in [0, 0.1) is 0 Å². The van der Waals surface area contributed by atoms with Gasteiger partial charge in [-0.05, 0) is 56.5 Å². The number of pyridine rings is 1. The third-order valence-electron chi connectivity index (χ3n) is 7.89. The van der Waals surface area contributed by atoms with E-state index >= 15 is 0 Å². The highest BCUT2D eigenvalue weighted by molar-refractivity contribution is 7.88. The molecule has 1 aromatic heterocycles. The summed E-state index contributed by atoms with van der Waals surface area (Å²) in [5, 5.41) is 0. The Morgan fingerprint density at radius 2 is 1.44 bits per heavy atom. The van der Waals surface area contributed by atoms with E-state index in [1.54, 1.807) is 11.8 Å². The first-order chi connectivity index (χ1) is 20.6. The van der Waals surface area contributed by atoms with Gasteiger partial charge in [0.25, 0.3) is 0 Å². The van der Waals surface area contributed by atoms with Crippen molar-refractivity contribution in [1.29, 1.82) is 0 Å². The number of aromatic nitrogens is 1. The summed E-state index contributed by atoms with van der Waals surface area (Å²) in [5.74, 6) is 0.0604. The molecule has 0 N–H and O–H groups in total. The van der Waals surface area contributed by atoms with Gasteiger partial charge in [0.05, 0.1) is 35.5 Å². The average Bonchev–Trinajstić information content (AvgIpc) is 3.20. The summed E-state index contributed by atoms with van der Waals surface area (Å²) in [5.41, 5.74) is -5.05. The molecule has 18 heteroatoms. The number of hydrogen-bond donors (Lipinski definition) is 0. The van der Waals surface area contributed by atoms with E-state index in [-0.39, 0.29) is 43.1 Å². The Balaban J connectivity index is 1.69. The van der Waals surface area contributed by atoms with Crippen LogP contribution in [0.15, 0.2) is 30.5 Å². The highest BCUT2D eigenvalue weighted by Crippen LogP contribution is 2.42. The van der Waals surface area contributed by atoms with Crippen LogP contribution >= 0.6 is 0 Å². The van der Waals surface area contributed by atoms with Crippen LogP contribution in [-0.4, -0.2) is 66.7 Å². The van der Waals surface area contributed by atoms with Crippen LogP contribution < -0.4 is 4.90 Å². The third-order valence-corrected chi connectivity index (χ3v) is 9.19. The van der Waals surface area contributed by atoms with E-state index < -0.39 is 75.6 Å². The molecule has 2 fully saturated rings. The van der Waals surface area contributed by atoms with Crippen LogP contribution in [0.2, 0.25) is 0 Å². The molecule has 0 spiro atoms. The minimum Gasteiger partial charge on any atom is -0.439 e. The van der Waals surface area contributed by atoms with Gasteiger partial charge >= 0.3 is 24.6 Å². The quantitative estimate of drug-likeness (QED) is 0.313. The van der Waals surface area contributed by atoms with Crippen LogP contribution in [0.5, 0.6) is 0 Å². The topological polar surface area (TPSA) is 83.1 Å². The lowest BCUT2D eigenvalue weighted by Crippen LogP contribution is -2.47. The van der Waals surface area contributed by atoms with Gasteiger partial charge in [-0.25, -0.2) is 22.5 Å². The van der Waals surface area contributed by atoms with E-state index in [0.717, 1.165) is 17.2 Å². The first kappa shape index (κ1) is 34.6. The van der Waals surface area contributed by atoms with Crippen molar-refractivity contribution < 1.29 is 57.5 Å². The second kappa shape index (κ2) is 12.1. The molecule has 0 radical (unpaired) electrons. The van der Waals surface area contributed by atoms with Crippen molar-refractivity contribution in [2.75, 3.05) is 30.8 Å². The van der Waals surface area contributed by atoms with Gasteiger partial charge in [0.1, 0.15) is 11.9 Å². The molecule has 2 aliphatic rings. The van der Waals surface area contributed by atoms with Crippen LogP contribution in [-0.2, 0) is 39.8 Å². The van der Waals surface area contributed by atoms with Crippen LogP contribution in [0.1, 0.15) is 60.6 Å². The maximum atomic E-state index is 13.7. The average molecular weight is 677 g/mol. The summed E-state index contributed by atoms with van der Waals surface area (Å²) >= 11 is 0. The van der Waals surface area contributed by atoms with Gasteiger partial charge in [0.15, 0.2) is 0 Å². The van der Waals surface area contributed by atoms with Crippen molar-refractivity contribution in [2.24, 2.45) is 0 Å². The molecule has 2 atom stereocenters. The number of carbonyl (C=O) groups excluding carboxylic acids is 1. The maximum absolute atomic E-state index is 13.7. The van der Waals surface area contributed by atoms with Gasteiger partial charge in [-0.2, -0.15) is 39.5 Å². The number of anilines is 1. The van der Waals surface area contributed by atoms with E-state index in [1.165, 1.54) is 11.2 Å². The highest BCUT2D eigenvalue weighted by atomic mass is 32.2. The van der Waals surface area contributed by atoms with Crippen LogP contribution in [0.25, 0.3) is 0 Å². The van der Waals surface area contributed by atoms with Gasteiger partial charge in [-0.3, -0.25) is 4.90 Å². The number of rotatable bonds is 7. The predicted molar refractivity (Wildman–Crippen MR) is 142 cm³/mol. The SMILES string of the molecule is CCN(c1ncc(C(F)(F)F)cc1CN1C(=O)O[C@H](c2cc(C(F)(F)F)cc(C(F)(F)F)c2)[C@@H]1C)C1CCN(S(C)(=O)=O)CC1. The minimum absolute atomic E-state index is 0.0604. The summed E-state index contributed by atoms with van der Waals surface area (Å²) in [6.45, 7) is 2.99. The molecule has 250 valence electrons. The number of amides is 1. The molecule has 1 aromatic carbocycles. The number of halogens is 9. The monoisotopic (exact) mass is 676 g/mol. The molecule has 1 amide bonds. The Morgan fingerprint density at radius 1 is 0.911 bits per heavy atom. The molecule has 0 aliphatic carbocycles. The van der Waals surface area contributed by atoms with Crippen molar-refractivity contribution in [3.8, 4) is 0 Å². The van der Waals surface area contributed by atoms with Crippen molar-refractivity contribution in [3.05, 3.63) is 58.3 Å². The number of sulfonamides is 1. The largest absolute Gasteiger partial charge is 0.439 e. The van der Waals surface area contributed by atoms with Gasteiger partial charge in [0, 0.05) is 37.4 Å². The first-order valence-corrected chi connectivity index (χ1v) is 15.5. The number of benzene rings is 1. The van der Waals surface area contributed by atoms with E-state index in [4.69, 9.17) is 4.74 Å². The molecule has 2 saturated heterocycles. The lowest BCUT2D eigenvalue weighted by Gasteiger charge is -2.39. The summed E-state index contributed by atoms with van der Waals surface area (Å²) in [4.78, 5) is 19.6. The Bertz CT molecular complexity index is 1490. The molecular formula is C27H29F9N4O4S. The smallest absolute Gasteiger partial charge is 0.417 e. The van der Waals surface area contributed by atoms with E-state index in [0.29, 0.717) is 31.2 Å². The first-order valence-electron chi connectivity index (χ1n) is 13.7. The summed E-state index contributed by atoms with van der Waals surface area (Å²) in [6.07, 6.45) is -15.6. The normalized spacial score (nSPS) is 20.9. The summed E-state index contributed by atoms with van der Waals surface area (Å²) in [6, 6.07) is 0.0483. The number of carbonyl (C=O) groups is 1. The number of piperidine rings is 1. The Morgan fingerprint density at radius 3 is 1.91 bits per heavy atom.